The van der Waals surface area contributed by atoms with Gasteiger partial charge in [-0.25, -0.2) is 17.8 Å². The highest BCUT2D eigenvalue weighted by Crippen LogP contribution is 2.27. The van der Waals surface area contributed by atoms with Gasteiger partial charge in [0.15, 0.2) is 9.84 Å². The lowest BCUT2D eigenvalue weighted by molar-refractivity contribution is 0.0589. The average Bonchev–Trinajstić information content (AvgIpc) is 3.18. The van der Waals surface area contributed by atoms with Crippen molar-refractivity contribution < 1.29 is 17.6 Å². The van der Waals surface area contributed by atoms with Crippen LogP contribution < -0.4 is 0 Å². The number of carbonyl (C=O) groups is 1. The Kier molecular flexibility index (Phi) is 5.43. The minimum atomic E-state index is -2.93. The van der Waals surface area contributed by atoms with Crippen LogP contribution >= 0.6 is 0 Å². The lowest BCUT2D eigenvalue weighted by Crippen LogP contribution is -2.52. The first-order valence-electron chi connectivity index (χ1n) is 10.8. The van der Waals surface area contributed by atoms with E-state index in [9.17, 15) is 17.6 Å². The van der Waals surface area contributed by atoms with Crippen LogP contribution in [0.2, 0.25) is 0 Å². The van der Waals surface area contributed by atoms with Gasteiger partial charge in [-0.3, -0.25) is 9.69 Å². The van der Waals surface area contributed by atoms with Gasteiger partial charge in [0.1, 0.15) is 5.82 Å². The van der Waals surface area contributed by atoms with Crippen LogP contribution in [0.15, 0.2) is 54.6 Å². The van der Waals surface area contributed by atoms with E-state index in [0.29, 0.717) is 49.4 Å². The number of amides is 1. The van der Waals surface area contributed by atoms with Gasteiger partial charge < -0.3 is 4.90 Å². The van der Waals surface area contributed by atoms with E-state index in [1.54, 1.807) is 18.2 Å². The molecule has 2 fully saturated rings. The molecular weight excluding hydrogens is 429 g/mol. The molecule has 0 unspecified atom stereocenters. The van der Waals surface area contributed by atoms with Crippen LogP contribution in [0.5, 0.6) is 0 Å². The maximum absolute atomic E-state index is 13.5. The van der Waals surface area contributed by atoms with Crippen LogP contribution in [0.4, 0.5) is 4.39 Å². The standard InChI is InChI=1S/C24H24FN3O3S/c25-18-7-5-17(6-8-18)23-15-21(20-3-1-2-4-22(20)26-23)24(29)28-12-10-27(11-13-28)19-9-14-32(30,31)16-19/h1-8,15,19H,9-14,16H2/t19-/m0/s1. The zero-order valence-electron chi connectivity index (χ0n) is 17.6. The van der Waals surface area contributed by atoms with Crippen LogP contribution in [0.3, 0.4) is 0 Å². The molecule has 1 aromatic heterocycles. The molecule has 2 aliphatic rings. The van der Waals surface area contributed by atoms with Gasteiger partial charge in [-0.15, -0.1) is 0 Å². The number of aromatic nitrogens is 1. The second-order valence-electron chi connectivity index (χ2n) is 8.46. The maximum Gasteiger partial charge on any atom is 0.254 e. The summed E-state index contributed by atoms with van der Waals surface area (Å²) in [5, 5.41) is 0.785. The molecule has 6 nitrogen and oxygen atoms in total. The van der Waals surface area contributed by atoms with Gasteiger partial charge >= 0.3 is 0 Å². The molecule has 2 aromatic carbocycles. The first-order valence-corrected chi connectivity index (χ1v) is 12.6. The molecule has 2 aliphatic heterocycles. The molecule has 3 heterocycles. The number of para-hydroxylation sites is 1. The number of sulfone groups is 1. The highest BCUT2D eigenvalue weighted by Gasteiger charge is 2.34. The SMILES string of the molecule is O=C(c1cc(-c2ccc(F)cc2)nc2ccccc12)N1CCN([C@H]2CCS(=O)(=O)C2)CC1. The fraction of sp³-hybridized carbons (Fsp3) is 0.333. The number of hydrogen-bond donors (Lipinski definition) is 0. The third-order valence-corrected chi connectivity index (χ3v) is 8.16. The Hall–Kier alpha value is -2.84. The Morgan fingerprint density at radius 2 is 1.72 bits per heavy atom. The number of rotatable bonds is 3. The Labute approximate surface area is 186 Å². The number of halogens is 1. The molecule has 0 radical (unpaired) electrons. The Morgan fingerprint density at radius 3 is 2.41 bits per heavy atom. The second-order valence-corrected chi connectivity index (χ2v) is 10.7. The molecule has 5 rings (SSSR count). The van der Waals surface area contributed by atoms with Crippen molar-refractivity contribution in [3.63, 3.8) is 0 Å². The highest BCUT2D eigenvalue weighted by molar-refractivity contribution is 7.91. The van der Waals surface area contributed by atoms with Crippen molar-refractivity contribution in [2.75, 3.05) is 37.7 Å². The fourth-order valence-corrected chi connectivity index (χ4v) is 6.41. The zero-order valence-corrected chi connectivity index (χ0v) is 18.4. The van der Waals surface area contributed by atoms with Crippen molar-refractivity contribution in [1.29, 1.82) is 0 Å². The number of nitrogens with zero attached hydrogens (tertiary/aromatic N) is 3. The summed E-state index contributed by atoms with van der Waals surface area (Å²) in [5.74, 6) is 0.0904. The predicted molar refractivity (Wildman–Crippen MR) is 122 cm³/mol. The summed E-state index contributed by atoms with van der Waals surface area (Å²) in [6.07, 6.45) is 0.673. The van der Waals surface area contributed by atoms with Crippen LogP contribution in [0.1, 0.15) is 16.8 Å². The minimum Gasteiger partial charge on any atom is -0.336 e. The monoisotopic (exact) mass is 453 g/mol. The fourth-order valence-electron chi connectivity index (χ4n) is 4.64. The topological polar surface area (TPSA) is 70.6 Å². The third-order valence-electron chi connectivity index (χ3n) is 6.41. The summed E-state index contributed by atoms with van der Waals surface area (Å²) in [7, 11) is -2.93. The number of piperazine rings is 1. The summed E-state index contributed by atoms with van der Waals surface area (Å²) in [6.45, 7) is 2.44. The Bertz CT molecular complexity index is 1270. The summed E-state index contributed by atoms with van der Waals surface area (Å²) < 4.78 is 37.0. The van der Waals surface area contributed by atoms with Crippen LogP contribution in [0.25, 0.3) is 22.2 Å². The van der Waals surface area contributed by atoms with Gasteiger partial charge in [0.05, 0.1) is 28.3 Å². The largest absolute Gasteiger partial charge is 0.336 e. The number of carbonyl (C=O) groups excluding carboxylic acids is 1. The number of hydrogen-bond acceptors (Lipinski definition) is 5. The molecule has 0 bridgehead atoms. The first-order chi connectivity index (χ1) is 15.4. The lowest BCUT2D eigenvalue weighted by Gasteiger charge is -2.37. The normalized spacial score (nSPS) is 21.2. The summed E-state index contributed by atoms with van der Waals surface area (Å²) in [5.41, 5.74) is 2.67. The molecule has 0 aliphatic carbocycles. The Morgan fingerprint density at radius 1 is 1.00 bits per heavy atom. The molecule has 3 aromatic rings. The molecule has 32 heavy (non-hydrogen) atoms. The highest BCUT2D eigenvalue weighted by atomic mass is 32.2. The molecule has 8 heteroatoms. The van der Waals surface area contributed by atoms with Crippen molar-refractivity contribution >= 4 is 26.6 Å². The van der Waals surface area contributed by atoms with E-state index in [-0.39, 0.29) is 29.3 Å². The van der Waals surface area contributed by atoms with Crippen molar-refractivity contribution in [2.45, 2.75) is 12.5 Å². The summed E-state index contributed by atoms with van der Waals surface area (Å²) >= 11 is 0. The molecule has 0 N–H and O–H groups in total. The quantitative estimate of drug-likeness (QED) is 0.610. The van der Waals surface area contributed by atoms with Crippen LogP contribution in [0, 0.1) is 5.82 Å². The van der Waals surface area contributed by atoms with Gasteiger partial charge in [0, 0.05) is 43.2 Å². The molecule has 0 spiro atoms. The van der Waals surface area contributed by atoms with E-state index in [1.165, 1.54) is 12.1 Å². The molecule has 166 valence electrons. The summed E-state index contributed by atoms with van der Waals surface area (Å²) in [4.78, 5) is 22.2. The van der Waals surface area contributed by atoms with Gasteiger partial charge in [-0.1, -0.05) is 18.2 Å². The Balaban J connectivity index is 1.40. The van der Waals surface area contributed by atoms with Gasteiger partial charge in [-0.2, -0.15) is 0 Å². The smallest absolute Gasteiger partial charge is 0.254 e. The van der Waals surface area contributed by atoms with Crippen LogP contribution in [-0.2, 0) is 9.84 Å². The third kappa shape index (κ3) is 4.12. The molecule has 1 amide bonds. The van der Waals surface area contributed by atoms with Crippen molar-refractivity contribution in [3.8, 4) is 11.3 Å². The van der Waals surface area contributed by atoms with Gasteiger partial charge in [0.25, 0.3) is 5.91 Å². The molecule has 2 saturated heterocycles. The van der Waals surface area contributed by atoms with E-state index in [2.05, 4.69) is 9.88 Å². The van der Waals surface area contributed by atoms with Crippen LogP contribution in [-0.4, -0.2) is 72.8 Å². The number of pyridine rings is 1. The zero-order chi connectivity index (χ0) is 22.3. The van der Waals surface area contributed by atoms with E-state index in [0.717, 1.165) is 10.9 Å². The molecular formula is C24H24FN3O3S. The number of fused-ring (bicyclic) bond motifs is 1. The van der Waals surface area contributed by atoms with Gasteiger partial charge in [0.2, 0.25) is 0 Å². The lowest BCUT2D eigenvalue weighted by atomic mass is 10.0. The summed E-state index contributed by atoms with van der Waals surface area (Å²) in [6, 6.07) is 15.5. The molecule has 1 atom stereocenters. The van der Waals surface area contributed by atoms with E-state index in [1.807, 2.05) is 29.2 Å². The minimum absolute atomic E-state index is 0.0593. The maximum atomic E-state index is 13.5. The van der Waals surface area contributed by atoms with Crippen molar-refractivity contribution in [2.24, 2.45) is 0 Å². The second kappa shape index (κ2) is 8.26. The van der Waals surface area contributed by atoms with E-state index < -0.39 is 9.84 Å². The van der Waals surface area contributed by atoms with Crippen molar-refractivity contribution in [1.82, 2.24) is 14.8 Å². The predicted octanol–water partition coefficient (Wildman–Crippen LogP) is 2.99. The first kappa shape index (κ1) is 21.0. The van der Waals surface area contributed by atoms with E-state index in [4.69, 9.17) is 0 Å². The van der Waals surface area contributed by atoms with E-state index >= 15 is 0 Å². The van der Waals surface area contributed by atoms with Gasteiger partial charge in [-0.05, 0) is 42.8 Å². The average molecular weight is 454 g/mol. The van der Waals surface area contributed by atoms with Crippen molar-refractivity contribution in [3.05, 3.63) is 66.0 Å². The number of benzene rings is 2. The molecule has 0 saturated carbocycles.